The largest absolute Gasteiger partial charge is 0.478 e. The number of aliphatic hydroxyl groups excluding tert-OH is 1. The predicted molar refractivity (Wildman–Crippen MR) is 49.0 cm³/mol. The highest BCUT2D eigenvalue weighted by atomic mass is 35.5. The maximum Gasteiger partial charge on any atom is 0.335 e. The fourth-order valence-corrected chi connectivity index (χ4v) is 1.16. The Hall–Kier alpha value is -1.06. The van der Waals surface area contributed by atoms with Crippen LogP contribution in [0.15, 0.2) is 24.3 Å². The molecule has 0 fully saturated rings. The third kappa shape index (κ3) is 3.05. The van der Waals surface area contributed by atoms with Crippen LogP contribution in [-0.2, 0) is 6.42 Å². The molecular weight excluding hydrogens is 192 g/mol. The van der Waals surface area contributed by atoms with Crippen molar-refractivity contribution >= 4 is 17.6 Å². The summed E-state index contributed by atoms with van der Waals surface area (Å²) in [5, 5.41) is 17.4. The molecule has 0 saturated heterocycles. The van der Waals surface area contributed by atoms with Gasteiger partial charge in [-0.3, -0.25) is 0 Å². The van der Waals surface area contributed by atoms with E-state index in [2.05, 4.69) is 0 Å². The number of hydrogen-bond donors (Lipinski definition) is 2. The van der Waals surface area contributed by atoms with Gasteiger partial charge in [-0.2, -0.15) is 0 Å². The number of benzene rings is 1. The Kier molecular flexibility index (Phi) is 3.28. The molecule has 1 rings (SSSR count). The van der Waals surface area contributed by atoms with E-state index in [4.69, 9.17) is 21.8 Å². The van der Waals surface area contributed by atoms with Gasteiger partial charge in [-0.15, -0.1) is 0 Å². The zero-order valence-corrected chi connectivity index (χ0v) is 7.53. The molecule has 4 heteroatoms. The lowest BCUT2D eigenvalue weighted by atomic mass is 10.1. The Labute approximate surface area is 80.6 Å². The summed E-state index contributed by atoms with van der Waals surface area (Å²) < 4.78 is 0. The van der Waals surface area contributed by atoms with E-state index in [1.807, 2.05) is 0 Å². The van der Waals surface area contributed by atoms with Crippen molar-refractivity contribution in [2.75, 3.05) is 0 Å². The first-order valence-corrected chi connectivity index (χ1v) is 4.17. The molecule has 3 nitrogen and oxygen atoms in total. The number of halogens is 1. The van der Waals surface area contributed by atoms with Gasteiger partial charge in [0.05, 0.1) is 5.56 Å². The van der Waals surface area contributed by atoms with Crippen LogP contribution in [0.5, 0.6) is 0 Å². The first kappa shape index (κ1) is 10.0. The molecule has 0 heterocycles. The summed E-state index contributed by atoms with van der Waals surface area (Å²) in [4.78, 5) is 10.5. The minimum absolute atomic E-state index is 0.229. The third-order valence-electron chi connectivity index (χ3n) is 1.61. The number of aromatic carboxylic acids is 1. The molecule has 0 bridgehead atoms. The van der Waals surface area contributed by atoms with E-state index in [0.29, 0.717) is 6.42 Å². The number of hydrogen-bond acceptors (Lipinski definition) is 2. The summed E-state index contributed by atoms with van der Waals surface area (Å²) in [5.74, 6) is -0.960. The van der Waals surface area contributed by atoms with Gasteiger partial charge >= 0.3 is 5.97 Å². The average Bonchev–Trinajstić information content (AvgIpc) is 2.04. The predicted octanol–water partition coefficient (Wildman–Crippen LogP) is 1.48. The van der Waals surface area contributed by atoms with Crippen LogP contribution in [-0.4, -0.2) is 21.7 Å². The van der Waals surface area contributed by atoms with Gasteiger partial charge in [0, 0.05) is 6.42 Å². The first-order chi connectivity index (χ1) is 6.09. The smallest absolute Gasteiger partial charge is 0.335 e. The van der Waals surface area contributed by atoms with E-state index in [-0.39, 0.29) is 5.56 Å². The van der Waals surface area contributed by atoms with E-state index < -0.39 is 11.5 Å². The molecule has 13 heavy (non-hydrogen) atoms. The van der Waals surface area contributed by atoms with Gasteiger partial charge in [0.1, 0.15) is 5.56 Å². The van der Waals surface area contributed by atoms with E-state index in [1.165, 1.54) is 12.1 Å². The summed E-state index contributed by atoms with van der Waals surface area (Å²) >= 11 is 5.35. The lowest BCUT2D eigenvalue weighted by Crippen LogP contribution is -2.02. The molecule has 1 aromatic rings. The van der Waals surface area contributed by atoms with Crippen LogP contribution in [0.3, 0.4) is 0 Å². The Morgan fingerprint density at radius 3 is 2.31 bits per heavy atom. The Bertz CT molecular complexity index is 292. The molecule has 0 aliphatic carbocycles. The molecule has 0 saturated carbocycles. The van der Waals surface area contributed by atoms with Crippen molar-refractivity contribution in [3.63, 3.8) is 0 Å². The molecule has 0 aliphatic rings. The second-order valence-corrected chi connectivity index (χ2v) is 3.14. The minimum atomic E-state index is -0.960. The van der Waals surface area contributed by atoms with E-state index in [9.17, 15) is 4.79 Å². The molecule has 1 unspecified atom stereocenters. The normalized spacial score (nSPS) is 12.5. The SMILES string of the molecule is O=C(O)c1ccc(CC(O)Cl)cc1. The molecule has 1 atom stereocenters. The molecule has 0 radical (unpaired) electrons. The Morgan fingerprint density at radius 1 is 1.38 bits per heavy atom. The first-order valence-electron chi connectivity index (χ1n) is 3.74. The Morgan fingerprint density at radius 2 is 1.92 bits per heavy atom. The van der Waals surface area contributed by atoms with Crippen molar-refractivity contribution in [1.82, 2.24) is 0 Å². The Balaban J connectivity index is 2.75. The van der Waals surface area contributed by atoms with Gasteiger partial charge < -0.3 is 10.2 Å². The maximum absolute atomic E-state index is 10.5. The summed E-state index contributed by atoms with van der Waals surface area (Å²) in [6.07, 6.45) is 0.321. The number of carbonyl (C=O) groups is 1. The molecule has 0 aliphatic heterocycles. The molecular formula is C9H9ClO3. The van der Waals surface area contributed by atoms with Crippen LogP contribution in [0.25, 0.3) is 0 Å². The molecule has 70 valence electrons. The van der Waals surface area contributed by atoms with Gasteiger partial charge in [-0.05, 0) is 17.7 Å². The van der Waals surface area contributed by atoms with Crippen LogP contribution >= 0.6 is 11.6 Å². The van der Waals surface area contributed by atoms with E-state index in [1.54, 1.807) is 12.1 Å². The summed E-state index contributed by atoms with van der Waals surface area (Å²) in [6.45, 7) is 0. The number of alkyl halides is 1. The van der Waals surface area contributed by atoms with Crippen LogP contribution in [0, 0.1) is 0 Å². The van der Waals surface area contributed by atoms with Gasteiger partial charge in [0.25, 0.3) is 0 Å². The summed E-state index contributed by atoms with van der Waals surface area (Å²) in [7, 11) is 0. The highest BCUT2D eigenvalue weighted by Crippen LogP contribution is 2.08. The fraction of sp³-hybridized carbons (Fsp3) is 0.222. The minimum Gasteiger partial charge on any atom is -0.478 e. The van der Waals surface area contributed by atoms with Crippen molar-refractivity contribution in [2.24, 2.45) is 0 Å². The maximum atomic E-state index is 10.5. The van der Waals surface area contributed by atoms with Crippen molar-refractivity contribution in [2.45, 2.75) is 12.0 Å². The molecule has 2 N–H and O–H groups in total. The van der Waals surface area contributed by atoms with Crippen molar-refractivity contribution < 1.29 is 15.0 Å². The highest BCUT2D eigenvalue weighted by Gasteiger charge is 2.03. The molecule has 0 aromatic heterocycles. The third-order valence-corrected chi connectivity index (χ3v) is 1.76. The molecule has 1 aromatic carbocycles. The van der Waals surface area contributed by atoms with Crippen LogP contribution in [0.1, 0.15) is 15.9 Å². The zero-order valence-electron chi connectivity index (χ0n) is 6.77. The van der Waals surface area contributed by atoms with Crippen LogP contribution < -0.4 is 0 Å². The second kappa shape index (κ2) is 4.25. The van der Waals surface area contributed by atoms with Gasteiger partial charge in [0.2, 0.25) is 0 Å². The molecule has 0 amide bonds. The zero-order chi connectivity index (χ0) is 9.84. The number of carboxylic acid groups (broad SMARTS) is 1. The lowest BCUT2D eigenvalue weighted by molar-refractivity contribution is 0.0697. The van der Waals surface area contributed by atoms with E-state index in [0.717, 1.165) is 5.56 Å². The van der Waals surface area contributed by atoms with Crippen LogP contribution in [0.2, 0.25) is 0 Å². The van der Waals surface area contributed by atoms with Crippen molar-refractivity contribution in [3.8, 4) is 0 Å². The van der Waals surface area contributed by atoms with Crippen molar-refractivity contribution in [3.05, 3.63) is 35.4 Å². The highest BCUT2D eigenvalue weighted by molar-refractivity contribution is 6.19. The number of rotatable bonds is 3. The second-order valence-electron chi connectivity index (χ2n) is 2.64. The molecule has 0 spiro atoms. The summed E-state index contributed by atoms with van der Waals surface area (Å²) in [5.41, 5.74) is 0.121. The van der Waals surface area contributed by atoms with Gasteiger partial charge in [-0.25, -0.2) is 4.79 Å². The fourth-order valence-electron chi connectivity index (χ4n) is 0.978. The van der Waals surface area contributed by atoms with Gasteiger partial charge in [0.15, 0.2) is 0 Å². The van der Waals surface area contributed by atoms with Crippen LogP contribution in [0.4, 0.5) is 0 Å². The summed E-state index contributed by atoms with van der Waals surface area (Å²) in [6, 6.07) is 6.23. The standard InChI is InChI=1S/C9H9ClO3/c10-8(11)5-6-1-3-7(4-2-6)9(12)13/h1-4,8,11H,5H2,(H,12,13). The lowest BCUT2D eigenvalue weighted by Gasteiger charge is -2.02. The average molecular weight is 201 g/mol. The number of aliphatic hydroxyl groups is 1. The van der Waals surface area contributed by atoms with Crippen molar-refractivity contribution in [1.29, 1.82) is 0 Å². The quantitative estimate of drug-likeness (QED) is 0.727. The van der Waals surface area contributed by atoms with E-state index >= 15 is 0 Å². The monoisotopic (exact) mass is 200 g/mol. The number of carboxylic acids is 1. The van der Waals surface area contributed by atoms with Gasteiger partial charge in [-0.1, -0.05) is 23.7 Å². The topological polar surface area (TPSA) is 57.5 Å².